The molecule has 0 aliphatic carbocycles. The second-order valence-electron chi connectivity index (χ2n) is 3.08. The largest absolute Gasteiger partial charge is 0.505 e. The Kier molecular flexibility index (Phi) is 3.19. The Morgan fingerprint density at radius 1 is 1.57 bits per heavy atom. The van der Waals surface area contributed by atoms with Crippen molar-refractivity contribution in [3.63, 3.8) is 0 Å². The molecule has 1 rings (SSSR count). The second kappa shape index (κ2) is 4.19. The van der Waals surface area contributed by atoms with Crippen molar-refractivity contribution >= 4 is 5.78 Å². The molecule has 0 aromatic heterocycles. The maximum absolute atomic E-state index is 12.8. The van der Waals surface area contributed by atoms with E-state index in [0.717, 1.165) is 12.1 Å². The number of carbonyl (C=O) groups is 1. The lowest BCUT2D eigenvalue weighted by molar-refractivity contribution is 0.0984. The molecule has 0 heterocycles. The van der Waals surface area contributed by atoms with Crippen molar-refractivity contribution in [2.45, 2.75) is 13.3 Å². The van der Waals surface area contributed by atoms with Crippen LogP contribution >= 0.6 is 0 Å². The van der Waals surface area contributed by atoms with Crippen molar-refractivity contribution in [2.75, 3.05) is 6.54 Å². The number of aryl methyl sites for hydroxylation is 1. The molecule has 0 spiro atoms. The topological polar surface area (TPSA) is 63.3 Å². The van der Waals surface area contributed by atoms with Crippen LogP contribution in [0.1, 0.15) is 22.3 Å². The summed E-state index contributed by atoms with van der Waals surface area (Å²) in [5.41, 5.74) is 6.07. The highest BCUT2D eigenvalue weighted by Crippen LogP contribution is 2.21. The number of halogens is 1. The number of phenols is 1. The van der Waals surface area contributed by atoms with Crippen LogP contribution in [0.25, 0.3) is 0 Å². The summed E-state index contributed by atoms with van der Waals surface area (Å²) in [7, 11) is 0. The second-order valence-corrected chi connectivity index (χ2v) is 3.08. The zero-order chi connectivity index (χ0) is 10.7. The van der Waals surface area contributed by atoms with E-state index >= 15 is 0 Å². The minimum absolute atomic E-state index is 0.180. The van der Waals surface area contributed by atoms with E-state index in [2.05, 4.69) is 0 Å². The summed E-state index contributed by atoms with van der Waals surface area (Å²) in [6.45, 7) is 1.86. The van der Waals surface area contributed by atoms with Gasteiger partial charge in [-0.25, -0.2) is 4.39 Å². The molecule has 3 nitrogen and oxygen atoms in total. The summed E-state index contributed by atoms with van der Waals surface area (Å²) in [5.74, 6) is -1.40. The summed E-state index contributed by atoms with van der Waals surface area (Å²) < 4.78 is 12.8. The van der Waals surface area contributed by atoms with Crippen LogP contribution in [0.2, 0.25) is 0 Å². The number of carbonyl (C=O) groups excluding carboxylic acids is 1. The molecule has 0 saturated heterocycles. The summed E-state index contributed by atoms with van der Waals surface area (Å²) in [6, 6.07) is 2.28. The van der Waals surface area contributed by atoms with E-state index in [9.17, 15) is 9.18 Å². The quantitative estimate of drug-likeness (QED) is 0.719. The minimum atomic E-state index is -0.716. The first-order valence-corrected chi connectivity index (χ1v) is 4.28. The van der Waals surface area contributed by atoms with Crippen LogP contribution in [0.15, 0.2) is 12.1 Å². The lowest BCUT2D eigenvalue weighted by Gasteiger charge is -2.05. The molecule has 3 N–H and O–H groups in total. The molecule has 0 radical (unpaired) electrons. The van der Waals surface area contributed by atoms with Gasteiger partial charge in [0.15, 0.2) is 17.3 Å². The third-order valence-corrected chi connectivity index (χ3v) is 1.97. The summed E-state index contributed by atoms with van der Waals surface area (Å²) in [5, 5.41) is 9.08. The zero-order valence-electron chi connectivity index (χ0n) is 7.88. The maximum atomic E-state index is 12.8. The van der Waals surface area contributed by atoms with Crippen LogP contribution in [0.4, 0.5) is 4.39 Å². The standard InChI is InChI=1S/C10H12FNO2/c1-6-4-8(11)10(14)5-7(6)9(13)2-3-12/h4-5,14H,2-3,12H2,1H3. The number of ketones is 1. The van der Waals surface area contributed by atoms with E-state index in [0.29, 0.717) is 11.1 Å². The molecule has 0 saturated carbocycles. The van der Waals surface area contributed by atoms with Gasteiger partial charge in [0, 0.05) is 12.0 Å². The number of benzene rings is 1. The van der Waals surface area contributed by atoms with Crippen LogP contribution in [0, 0.1) is 12.7 Å². The first kappa shape index (κ1) is 10.7. The molecule has 0 unspecified atom stereocenters. The van der Waals surface area contributed by atoms with Gasteiger partial charge in [-0.15, -0.1) is 0 Å². The molecule has 0 bridgehead atoms. The number of aromatic hydroxyl groups is 1. The fourth-order valence-corrected chi connectivity index (χ4v) is 1.23. The highest BCUT2D eigenvalue weighted by atomic mass is 19.1. The molecular formula is C10H12FNO2. The zero-order valence-corrected chi connectivity index (χ0v) is 7.88. The van der Waals surface area contributed by atoms with Gasteiger partial charge < -0.3 is 10.8 Å². The molecule has 1 aromatic rings. The first-order chi connectivity index (χ1) is 6.56. The van der Waals surface area contributed by atoms with E-state index in [1.165, 1.54) is 0 Å². The number of hydrogen-bond acceptors (Lipinski definition) is 3. The Bertz CT molecular complexity index is 363. The van der Waals surface area contributed by atoms with E-state index in [-0.39, 0.29) is 18.7 Å². The average molecular weight is 197 g/mol. The predicted molar refractivity (Wildman–Crippen MR) is 50.8 cm³/mol. The molecule has 0 fully saturated rings. The number of Topliss-reactive ketones (excluding diaryl/α,β-unsaturated/α-hetero) is 1. The van der Waals surface area contributed by atoms with Gasteiger partial charge in [0.1, 0.15) is 0 Å². The van der Waals surface area contributed by atoms with Crippen molar-refractivity contribution in [2.24, 2.45) is 5.73 Å². The van der Waals surface area contributed by atoms with Crippen LogP contribution in [0.3, 0.4) is 0 Å². The van der Waals surface area contributed by atoms with Gasteiger partial charge in [0.2, 0.25) is 0 Å². The molecule has 14 heavy (non-hydrogen) atoms. The molecule has 0 aliphatic heterocycles. The highest BCUT2D eigenvalue weighted by Gasteiger charge is 2.11. The van der Waals surface area contributed by atoms with Gasteiger partial charge in [-0.2, -0.15) is 0 Å². The fraction of sp³-hybridized carbons (Fsp3) is 0.300. The average Bonchev–Trinajstić information content (AvgIpc) is 2.11. The number of phenolic OH excluding ortho intramolecular Hbond substituents is 1. The highest BCUT2D eigenvalue weighted by molar-refractivity contribution is 5.97. The molecule has 1 aromatic carbocycles. The normalized spacial score (nSPS) is 10.2. The van der Waals surface area contributed by atoms with Crippen LogP contribution in [0.5, 0.6) is 5.75 Å². The van der Waals surface area contributed by atoms with E-state index < -0.39 is 11.6 Å². The van der Waals surface area contributed by atoms with Gasteiger partial charge in [-0.05, 0) is 31.2 Å². The summed E-state index contributed by atoms with van der Waals surface area (Å²) in [6.07, 6.45) is 0.200. The monoisotopic (exact) mass is 197 g/mol. The van der Waals surface area contributed by atoms with E-state index in [1.54, 1.807) is 6.92 Å². The molecule has 76 valence electrons. The predicted octanol–water partition coefficient (Wildman–Crippen LogP) is 1.37. The van der Waals surface area contributed by atoms with E-state index in [4.69, 9.17) is 10.8 Å². The number of rotatable bonds is 3. The van der Waals surface area contributed by atoms with E-state index in [1.807, 2.05) is 0 Å². The van der Waals surface area contributed by atoms with Gasteiger partial charge in [0.05, 0.1) is 0 Å². The molecule has 4 heteroatoms. The minimum Gasteiger partial charge on any atom is -0.505 e. The lowest BCUT2D eigenvalue weighted by atomic mass is 10.0. The van der Waals surface area contributed by atoms with Crippen molar-refractivity contribution in [1.29, 1.82) is 0 Å². The van der Waals surface area contributed by atoms with Gasteiger partial charge in [-0.3, -0.25) is 4.79 Å². The third-order valence-electron chi connectivity index (χ3n) is 1.97. The first-order valence-electron chi connectivity index (χ1n) is 4.28. The Hall–Kier alpha value is -1.42. The van der Waals surface area contributed by atoms with Crippen LogP contribution in [-0.2, 0) is 0 Å². The maximum Gasteiger partial charge on any atom is 0.165 e. The third kappa shape index (κ3) is 2.09. The van der Waals surface area contributed by atoms with Gasteiger partial charge >= 0.3 is 0 Å². The molecule has 0 aliphatic rings. The lowest BCUT2D eigenvalue weighted by Crippen LogP contribution is -2.09. The Morgan fingerprint density at radius 2 is 2.21 bits per heavy atom. The smallest absolute Gasteiger partial charge is 0.165 e. The fourth-order valence-electron chi connectivity index (χ4n) is 1.23. The molecule has 0 atom stereocenters. The van der Waals surface area contributed by atoms with Gasteiger partial charge in [-0.1, -0.05) is 0 Å². The van der Waals surface area contributed by atoms with Crippen molar-refractivity contribution in [3.8, 4) is 5.75 Å². The van der Waals surface area contributed by atoms with Crippen LogP contribution in [-0.4, -0.2) is 17.4 Å². The van der Waals surface area contributed by atoms with Gasteiger partial charge in [0.25, 0.3) is 0 Å². The summed E-state index contributed by atoms with van der Waals surface area (Å²) >= 11 is 0. The Balaban J connectivity index is 3.09. The Morgan fingerprint density at radius 3 is 2.79 bits per heavy atom. The molecule has 0 amide bonds. The number of nitrogens with two attached hydrogens (primary N) is 1. The SMILES string of the molecule is Cc1cc(F)c(O)cc1C(=O)CCN. The summed E-state index contributed by atoms with van der Waals surface area (Å²) in [4.78, 5) is 11.4. The van der Waals surface area contributed by atoms with Crippen LogP contribution < -0.4 is 5.73 Å². The Labute approximate surface area is 81.4 Å². The van der Waals surface area contributed by atoms with Crippen molar-refractivity contribution in [1.82, 2.24) is 0 Å². The molecular weight excluding hydrogens is 185 g/mol. The number of hydrogen-bond donors (Lipinski definition) is 2. The van der Waals surface area contributed by atoms with Crippen molar-refractivity contribution < 1.29 is 14.3 Å². The van der Waals surface area contributed by atoms with Crippen molar-refractivity contribution in [3.05, 3.63) is 29.1 Å².